The molecular weight excluding hydrogens is 164 g/mol. The van der Waals surface area contributed by atoms with Crippen LogP contribution in [0.3, 0.4) is 0 Å². The van der Waals surface area contributed by atoms with E-state index in [-0.39, 0.29) is 11.7 Å². The van der Waals surface area contributed by atoms with Gasteiger partial charge in [0.05, 0.1) is 6.10 Å². The molecule has 2 nitrogen and oxygen atoms in total. The van der Waals surface area contributed by atoms with E-state index < -0.39 is 6.10 Å². The molecule has 0 aromatic rings. The smallest absolute Gasteiger partial charge is 0.152 e. The predicted molar refractivity (Wildman–Crippen MR) is 54.5 cm³/mol. The Balaban J connectivity index is 3.81. The van der Waals surface area contributed by atoms with Crippen molar-refractivity contribution in [2.75, 3.05) is 0 Å². The minimum absolute atomic E-state index is 0.0123. The largest absolute Gasteiger partial charge is 0.389 e. The molecular formula is C11H20O2. The van der Waals surface area contributed by atoms with Crippen molar-refractivity contribution >= 4 is 5.78 Å². The zero-order valence-electron chi connectivity index (χ0n) is 8.79. The fourth-order valence-electron chi connectivity index (χ4n) is 1.12. The maximum atomic E-state index is 10.6. The van der Waals surface area contributed by atoms with Gasteiger partial charge >= 0.3 is 0 Å². The first kappa shape index (κ1) is 12.4. The molecule has 0 rings (SSSR count). The van der Waals surface area contributed by atoms with Gasteiger partial charge in [0, 0.05) is 0 Å². The van der Waals surface area contributed by atoms with Gasteiger partial charge in [0.25, 0.3) is 0 Å². The summed E-state index contributed by atoms with van der Waals surface area (Å²) in [6.45, 7) is 5.62. The van der Waals surface area contributed by atoms with Gasteiger partial charge in [0.2, 0.25) is 0 Å². The molecule has 0 amide bonds. The second kappa shape index (κ2) is 6.84. The molecule has 0 saturated carbocycles. The lowest BCUT2D eigenvalue weighted by molar-refractivity contribution is -0.112. The zero-order valence-corrected chi connectivity index (χ0v) is 8.79. The summed E-state index contributed by atoms with van der Waals surface area (Å²) in [6, 6.07) is 0. The molecule has 1 N–H and O–H groups in total. The van der Waals surface area contributed by atoms with Gasteiger partial charge < -0.3 is 5.11 Å². The van der Waals surface area contributed by atoms with Crippen LogP contribution >= 0.6 is 0 Å². The zero-order chi connectivity index (χ0) is 10.3. The Morgan fingerprint density at radius 1 is 1.54 bits per heavy atom. The maximum absolute atomic E-state index is 10.6. The molecule has 0 heterocycles. The summed E-state index contributed by atoms with van der Waals surface area (Å²) in [6.07, 6.45) is 5.84. The summed E-state index contributed by atoms with van der Waals surface area (Å²) in [7, 11) is 0. The number of aliphatic hydroxyl groups excluding tert-OH is 1. The predicted octanol–water partition coefficient (Wildman–Crippen LogP) is 2.32. The molecule has 2 atom stereocenters. The van der Waals surface area contributed by atoms with E-state index >= 15 is 0 Å². The van der Waals surface area contributed by atoms with Gasteiger partial charge in [-0.25, -0.2) is 0 Å². The van der Waals surface area contributed by atoms with Crippen molar-refractivity contribution in [2.45, 2.75) is 46.1 Å². The molecule has 0 fully saturated rings. The third-order valence-corrected chi connectivity index (χ3v) is 2.12. The van der Waals surface area contributed by atoms with Crippen LogP contribution in [0, 0.1) is 5.92 Å². The number of hydrogen-bond acceptors (Lipinski definition) is 2. The van der Waals surface area contributed by atoms with Crippen LogP contribution in [-0.4, -0.2) is 17.0 Å². The van der Waals surface area contributed by atoms with Gasteiger partial charge in [-0.15, -0.1) is 0 Å². The highest BCUT2D eigenvalue weighted by molar-refractivity contribution is 5.87. The first-order valence-electron chi connectivity index (χ1n) is 4.94. The van der Waals surface area contributed by atoms with Crippen molar-refractivity contribution in [2.24, 2.45) is 5.92 Å². The molecule has 0 aliphatic heterocycles. The van der Waals surface area contributed by atoms with Crippen LogP contribution in [-0.2, 0) is 4.79 Å². The van der Waals surface area contributed by atoms with E-state index in [1.165, 1.54) is 13.0 Å². The van der Waals surface area contributed by atoms with E-state index in [1.807, 2.05) is 6.92 Å². The van der Waals surface area contributed by atoms with Gasteiger partial charge in [0.15, 0.2) is 5.78 Å². The third kappa shape index (κ3) is 6.52. The highest BCUT2D eigenvalue weighted by atomic mass is 16.3. The molecule has 2 heteroatoms. The summed E-state index contributed by atoms with van der Waals surface area (Å²) in [5.74, 6) is 0.234. The molecule has 0 aromatic heterocycles. The van der Waals surface area contributed by atoms with Crippen LogP contribution in [0.2, 0.25) is 0 Å². The van der Waals surface area contributed by atoms with Crippen LogP contribution in [0.25, 0.3) is 0 Å². The molecule has 2 unspecified atom stereocenters. The minimum atomic E-state index is -0.476. The summed E-state index contributed by atoms with van der Waals surface area (Å²) in [5.41, 5.74) is 0. The number of allylic oxidation sites excluding steroid dienone is 1. The summed E-state index contributed by atoms with van der Waals surface area (Å²) in [5, 5.41) is 9.55. The Hall–Kier alpha value is -0.630. The van der Waals surface area contributed by atoms with Crippen LogP contribution in [0.4, 0.5) is 0 Å². The lowest BCUT2D eigenvalue weighted by Crippen LogP contribution is -2.14. The number of rotatable bonds is 6. The van der Waals surface area contributed by atoms with Gasteiger partial charge in [-0.2, -0.15) is 0 Å². The standard InChI is InChI=1S/C11H20O2/c1-4-5-6-9(2)11(13)8-7-10(3)12/h7-9,11,13H,4-6H2,1-3H3. The first-order valence-corrected chi connectivity index (χ1v) is 4.94. The molecule has 0 radical (unpaired) electrons. The van der Waals surface area contributed by atoms with E-state index in [2.05, 4.69) is 6.92 Å². The van der Waals surface area contributed by atoms with Crippen molar-refractivity contribution in [1.82, 2.24) is 0 Å². The Labute approximate surface area is 80.7 Å². The first-order chi connectivity index (χ1) is 6.07. The van der Waals surface area contributed by atoms with Gasteiger partial charge in [0.1, 0.15) is 0 Å². The quantitative estimate of drug-likeness (QED) is 0.643. The van der Waals surface area contributed by atoms with Gasteiger partial charge in [-0.05, 0) is 25.3 Å². The summed E-state index contributed by atoms with van der Waals surface area (Å²) >= 11 is 0. The Kier molecular flexibility index (Phi) is 6.51. The second-order valence-corrected chi connectivity index (χ2v) is 3.58. The lowest BCUT2D eigenvalue weighted by Gasteiger charge is -2.14. The van der Waals surface area contributed by atoms with Crippen LogP contribution in [0.1, 0.15) is 40.0 Å². The Morgan fingerprint density at radius 3 is 2.62 bits per heavy atom. The Bertz CT molecular complexity index is 173. The summed E-state index contributed by atoms with van der Waals surface area (Å²) < 4.78 is 0. The van der Waals surface area contributed by atoms with Crippen LogP contribution in [0.15, 0.2) is 12.2 Å². The van der Waals surface area contributed by atoms with E-state index in [4.69, 9.17) is 0 Å². The van der Waals surface area contributed by atoms with E-state index in [0.717, 1.165) is 19.3 Å². The number of ketones is 1. The number of aliphatic hydroxyl groups is 1. The molecule has 13 heavy (non-hydrogen) atoms. The molecule has 0 aliphatic rings. The number of carbonyl (C=O) groups excluding carboxylic acids is 1. The molecule has 0 aromatic carbocycles. The van der Waals surface area contributed by atoms with Gasteiger partial charge in [-0.3, -0.25) is 4.79 Å². The van der Waals surface area contributed by atoms with Crippen molar-refractivity contribution < 1.29 is 9.90 Å². The average Bonchev–Trinajstić information content (AvgIpc) is 2.10. The fraction of sp³-hybridized carbons (Fsp3) is 0.727. The minimum Gasteiger partial charge on any atom is -0.389 e. The summed E-state index contributed by atoms with van der Waals surface area (Å²) in [4.78, 5) is 10.6. The highest BCUT2D eigenvalue weighted by Gasteiger charge is 2.09. The van der Waals surface area contributed by atoms with E-state index in [0.29, 0.717) is 0 Å². The van der Waals surface area contributed by atoms with Crippen molar-refractivity contribution in [1.29, 1.82) is 0 Å². The average molecular weight is 184 g/mol. The Morgan fingerprint density at radius 2 is 2.15 bits per heavy atom. The number of unbranched alkanes of at least 4 members (excludes halogenated alkanes) is 1. The van der Waals surface area contributed by atoms with Crippen molar-refractivity contribution in [3.63, 3.8) is 0 Å². The van der Waals surface area contributed by atoms with Crippen molar-refractivity contribution in [3.05, 3.63) is 12.2 Å². The number of carbonyl (C=O) groups is 1. The van der Waals surface area contributed by atoms with Gasteiger partial charge in [-0.1, -0.05) is 32.8 Å². The third-order valence-electron chi connectivity index (χ3n) is 2.12. The molecule has 0 saturated heterocycles. The monoisotopic (exact) mass is 184 g/mol. The molecule has 0 bridgehead atoms. The molecule has 0 aliphatic carbocycles. The SMILES string of the molecule is CCCCC(C)C(O)C=CC(C)=O. The van der Waals surface area contributed by atoms with Crippen molar-refractivity contribution in [3.8, 4) is 0 Å². The lowest BCUT2D eigenvalue weighted by atomic mass is 9.98. The van der Waals surface area contributed by atoms with E-state index in [1.54, 1.807) is 6.08 Å². The highest BCUT2D eigenvalue weighted by Crippen LogP contribution is 2.12. The second-order valence-electron chi connectivity index (χ2n) is 3.58. The molecule has 0 spiro atoms. The number of hydrogen-bond donors (Lipinski definition) is 1. The van der Waals surface area contributed by atoms with E-state index in [9.17, 15) is 9.90 Å². The topological polar surface area (TPSA) is 37.3 Å². The van der Waals surface area contributed by atoms with Crippen LogP contribution in [0.5, 0.6) is 0 Å². The fourth-order valence-corrected chi connectivity index (χ4v) is 1.12. The normalized spacial score (nSPS) is 16.0. The maximum Gasteiger partial charge on any atom is 0.152 e. The molecule has 76 valence electrons. The van der Waals surface area contributed by atoms with Crippen LogP contribution < -0.4 is 0 Å².